The van der Waals surface area contributed by atoms with Crippen molar-refractivity contribution in [1.29, 1.82) is 0 Å². The molecule has 0 aliphatic rings. The molecule has 0 unspecified atom stereocenters. The first kappa shape index (κ1) is 21.5. The molecule has 1 aromatic carbocycles. The Hall–Kier alpha value is -3.22. The van der Waals surface area contributed by atoms with E-state index in [0.717, 1.165) is 16.8 Å². The first-order valence-corrected chi connectivity index (χ1v) is 10.1. The van der Waals surface area contributed by atoms with Crippen LogP contribution in [0.1, 0.15) is 66.8 Å². The fourth-order valence-corrected chi connectivity index (χ4v) is 3.33. The minimum absolute atomic E-state index is 0.102. The number of pyridine rings is 1. The molecule has 0 aliphatic heterocycles. The molecule has 0 bridgehead atoms. The molecule has 1 N–H and O–H groups in total. The van der Waals surface area contributed by atoms with Crippen molar-refractivity contribution in [2.24, 2.45) is 0 Å². The summed E-state index contributed by atoms with van der Waals surface area (Å²) in [4.78, 5) is 29.8. The standard InChI is InChI=1S/C23H28N4O3/c1-13(2)20-10-18(19-11-24-27(14(3)4)22(19)26-20)23(29)30-12-21(28)25-17-8-15(5)7-16(6)9-17/h7-11,13-14H,12H2,1-6H3,(H,25,28). The Morgan fingerprint density at radius 2 is 1.73 bits per heavy atom. The van der Waals surface area contributed by atoms with Crippen LogP contribution >= 0.6 is 0 Å². The highest BCUT2D eigenvalue weighted by Crippen LogP contribution is 2.25. The maximum atomic E-state index is 12.8. The molecule has 0 spiro atoms. The van der Waals surface area contributed by atoms with Gasteiger partial charge in [-0.25, -0.2) is 14.5 Å². The Balaban J connectivity index is 1.80. The van der Waals surface area contributed by atoms with E-state index < -0.39 is 5.97 Å². The van der Waals surface area contributed by atoms with Gasteiger partial charge in [0.05, 0.1) is 17.1 Å². The number of anilines is 1. The number of esters is 1. The van der Waals surface area contributed by atoms with Crippen LogP contribution in [0.15, 0.2) is 30.5 Å². The number of amides is 1. The summed E-state index contributed by atoms with van der Waals surface area (Å²) in [6, 6.07) is 7.59. The molecule has 7 nitrogen and oxygen atoms in total. The molecular weight excluding hydrogens is 380 g/mol. The summed E-state index contributed by atoms with van der Waals surface area (Å²) in [5.74, 6) is -0.826. The van der Waals surface area contributed by atoms with E-state index in [1.165, 1.54) is 0 Å². The van der Waals surface area contributed by atoms with Gasteiger partial charge in [-0.15, -0.1) is 0 Å². The third-order valence-electron chi connectivity index (χ3n) is 4.73. The van der Waals surface area contributed by atoms with Crippen molar-refractivity contribution in [3.8, 4) is 0 Å². The molecule has 0 radical (unpaired) electrons. The van der Waals surface area contributed by atoms with Crippen molar-refractivity contribution >= 4 is 28.6 Å². The summed E-state index contributed by atoms with van der Waals surface area (Å²) < 4.78 is 7.10. The third-order valence-corrected chi connectivity index (χ3v) is 4.73. The van der Waals surface area contributed by atoms with E-state index >= 15 is 0 Å². The molecule has 0 fully saturated rings. The van der Waals surface area contributed by atoms with Gasteiger partial charge in [0.1, 0.15) is 0 Å². The number of benzene rings is 1. The van der Waals surface area contributed by atoms with E-state index in [-0.39, 0.29) is 24.5 Å². The van der Waals surface area contributed by atoms with Gasteiger partial charge in [0.15, 0.2) is 12.3 Å². The molecule has 0 atom stereocenters. The molecule has 2 aromatic heterocycles. The Bertz CT molecular complexity index is 1080. The summed E-state index contributed by atoms with van der Waals surface area (Å²) in [5.41, 5.74) is 4.56. The van der Waals surface area contributed by atoms with Crippen LogP contribution in [0.4, 0.5) is 5.69 Å². The van der Waals surface area contributed by atoms with Gasteiger partial charge in [0, 0.05) is 17.4 Å². The van der Waals surface area contributed by atoms with Gasteiger partial charge < -0.3 is 10.1 Å². The lowest BCUT2D eigenvalue weighted by molar-refractivity contribution is -0.119. The second-order valence-corrected chi connectivity index (χ2v) is 8.17. The van der Waals surface area contributed by atoms with Gasteiger partial charge in [-0.1, -0.05) is 19.9 Å². The van der Waals surface area contributed by atoms with E-state index in [9.17, 15) is 9.59 Å². The lowest BCUT2D eigenvalue weighted by Crippen LogP contribution is -2.21. The lowest BCUT2D eigenvalue weighted by Gasteiger charge is -2.12. The number of hydrogen-bond donors (Lipinski definition) is 1. The average Bonchev–Trinajstić information content (AvgIpc) is 3.08. The van der Waals surface area contributed by atoms with Crippen molar-refractivity contribution in [3.05, 3.63) is 52.8 Å². The summed E-state index contributed by atoms with van der Waals surface area (Å²) >= 11 is 0. The molecule has 0 saturated carbocycles. The zero-order valence-corrected chi connectivity index (χ0v) is 18.3. The monoisotopic (exact) mass is 408 g/mol. The van der Waals surface area contributed by atoms with Crippen molar-refractivity contribution in [2.45, 2.75) is 53.5 Å². The third kappa shape index (κ3) is 4.67. The van der Waals surface area contributed by atoms with Crippen LogP contribution in [0.2, 0.25) is 0 Å². The molecule has 1 amide bonds. The van der Waals surface area contributed by atoms with E-state index in [2.05, 4.69) is 15.4 Å². The second-order valence-electron chi connectivity index (χ2n) is 8.17. The van der Waals surface area contributed by atoms with Gasteiger partial charge in [0.25, 0.3) is 5.91 Å². The first-order chi connectivity index (χ1) is 14.2. The minimum atomic E-state index is -0.567. The second kappa shape index (κ2) is 8.65. The molecular formula is C23H28N4O3. The normalized spacial score (nSPS) is 11.3. The van der Waals surface area contributed by atoms with Crippen LogP contribution in [0.5, 0.6) is 0 Å². The molecule has 3 aromatic rings. The van der Waals surface area contributed by atoms with E-state index in [0.29, 0.717) is 22.3 Å². The number of carbonyl (C=O) groups excluding carboxylic acids is 2. The number of nitrogens with one attached hydrogen (secondary N) is 1. The Morgan fingerprint density at radius 1 is 1.07 bits per heavy atom. The predicted octanol–water partition coefficient (Wildman–Crippen LogP) is 4.55. The molecule has 2 heterocycles. The number of fused-ring (bicyclic) bond motifs is 1. The van der Waals surface area contributed by atoms with Gasteiger partial charge in [-0.3, -0.25) is 4.79 Å². The predicted molar refractivity (Wildman–Crippen MR) is 117 cm³/mol. The number of carbonyl (C=O) groups is 2. The molecule has 0 saturated heterocycles. The summed E-state index contributed by atoms with van der Waals surface area (Å²) in [6.45, 7) is 11.6. The number of aromatic nitrogens is 3. The first-order valence-electron chi connectivity index (χ1n) is 10.1. The lowest BCUT2D eigenvalue weighted by atomic mass is 10.1. The van der Waals surface area contributed by atoms with Gasteiger partial charge in [-0.2, -0.15) is 5.10 Å². The Morgan fingerprint density at radius 3 is 2.33 bits per heavy atom. The summed E-state index contributed by atoms with van der Waals surface area (Å²) in [6.07, 6.45) is 1.62. The van der Waals surface area contributed by atoms with Crippen LogP contribution < -0.4 is 5.32 Å². The van der Waals surface area contributed by atoms with Crippen molar-refractivity contribution < 1.29 is 14.3 Å². The number of rotatable bonds is 6. The van der Waals surface area contributed by atoms with E-state index in [4.69, 9.17) is 4.74 Å². The average molecular weight is 409 g/mol. The quantitative estimate of drug-likeness (QED) is 0.605. The van der Waals surface area contributed by atoms with Crippen molar-refractivity contribution in [1.82, 2.24) is 14.8 Å². The van der Waals surface area contributed by atoms with E-state index in [1.807, 2.05) is 59.7 Å². The van der Waals surface area contributed by atoms with Crippen LogP contribution in [0.25, 0.3) is 11.0 Å². The van der Waals surface area contributed by atoms with Gasteiger partial charge in [0.2, 0.25) is 0 Å². The molecule has 7 heteroatoms. The SMILES string of the molecule is Cc1cc(C)cc(NC(=O)COC(=O)c2cc(C(C)C)nc3c2cnn3C(C)C)c1. The highest BCUT2D eigenvalue weighted by Gasteiger charge is 2.20. The fourth-order valence-electron chi connectivity index (χ4n) is 3.33. The van der Waals surface area contributed by atoms with Crippen molar-refractivity contribution in [2.75, 3.05) is 11.9 Å². The zero-order valence-electron chi connectivity index (χ0n) is 18.3. The molecule has 30 heavy (non-hydrogen) atoms. The van der Waals surface area contributed by atoms with Crippen LogP contribution in [-0.4, -0.2) is 33.2 Å². The smallest absolute Gasteiger partial charge is 0.339 e. The van der Waals surface area contributed by atoms with Crippen LogP contribution in [0.3, 0.4) is 0 Å². The van der Waals surface area contributed by atoms with Crippen LogP contribution in [0, 0.1) is 13.8 Å². The summed E-state index contributed by atoms with van der Waals surface area (Å²) in [5, 5.41) is 7.76. The largest absolute Gasteiger partial charge is 0.452 e. The maximum Gasteiger partial charge on any atom is 0.339 e. The van der Waals surface area contributed by atoms with Crippen LogP contribution in [-0.2, 0) is 9.53 Å². The fraction of sp³-hybridized carbons (Fsp3) is 0.391. The Kier molecular flexibility index (Phi) is 6.20. The van der Waals surface area contributed by atoms with Gasteiger partial charge in [-0.05, 0) is 62.9 Å². The zero-order chi connectivity index (χ0) is 22.0. The maximum absolute atomic E-state index is 12.8. The Labute approximate surface area is 176 Å². The molecule has 3 rings (SSSR count). The topological polar surface area (TPSA) is 86.1 Å². The number of hydrogen-bond acceptors (Lipinski definition) is 5. The van der Waals surface area contributed by atoms with Crippen molar-refractivity contribution in [3.63, 3.8) is 0 Å². The number of aryl methyl sites for hydroxylation is 2. The van der Waals surface area contributed by atoms with E-state index in [1.54, 1.807) is 16.9 Å². The van der Waals surface area contributed by atoms with Gasteiger partial charge >= 0.3 is 5.97 Å². The molecule has 0 aliphatic carbocycles. The minimum Gasteiger partial charge on any atom is -0.452 e. The summed E-state index contributed by atoms with van der Waals surface area (Å²) in [7, 11) is 0. The number of ether oxygens (including phenoxy) is 1. The highest BCUT2D eigenvalue weighted by molar-refractivity contribution is 6.03. The number of nitrogens with zero attached hydrogens (tertiary/aromatic N) is 3. The molecule has 158 valence electrons. The highest BCUT2D eigenvalue weighted by atomic mass is 16.5.